The summed E-state index contributed by atoms with van der Waals surface area (Å²) >= 11 is 0. The topological polar surface area (TPSA) is 81.8 Å². The van der Waals surface area contributed by atoms with Gasteiger partial charge in [0, 0.05) is 22.7 Å². The molecule has 2 heterocycles. The number of nitrogens with zero attached hydrogens (tertiary/aromatic N) is 1. The van der Waals surface area contributed by atoms with Crippen LogP contribution in [0.15, 0.2) is 30.6 Å². The number of benzene rings is 1. The second-order valence-corrected chi connectivity index (χ2v) is 3.84. The highest BCUT2D eigenvalue weighted by Crippen LogP contribution is 2.27. The first-order valence-corrected chi connectivity index (χ1v) is 5.20. The fraction of sp³-hybridized carbons (Fsp3) is 0. The van der Waals surface area contributed by atoms with E-state index in [1.165, 1.54) is 18.3 Å². The zero-order valence-electron chi connectivity index (χ0n) is 9.07. The maximum Gasteiger partial charge on any atom is 0.371 e. The summed E-state index contributed by atoms with van der Waals surface area (Å²) in [5.41, 5.74) is 1.99. The van der Waals surface area contributed by atoms with E-state index in [1.807, 2.05) is 0 Å². The van der Waals surface area contributed by atoms with E-state index < -0.39 is 5.97 Å². The normalized spacial score (nSPS) is 10.9. The number of aromatic amines is 2. The van der Waals surface area contributed by atoms with Crippen LogP contribution in [0.4, 0.5) is 4.39 Å². The van der Waals surface area contributed by atoms with Crippen LogP contribution >= 0.6 is 0 Å². The molecule has 6 heteroatoms. The quantitative estimate of drug-likeness (QED) is 0.648. The van der Waals surface area contributed by atoms with E-state index in [2.05, 4.69) is 15.0 Å². The van der Waals surface area contributed by atoms with Crippen LogP contribution in [-0.2, 0) is 0 Å². The van der Waals surface area contributed by atoms with Gasteiger partial charge >= 0.3 is 5.97 Å². The molecule has 2 aromatic heterocycles. The molecule has 0 fully saturated rings. The van der Waals surface area contributed by atoms with E-state index >= 15 is 0 Å². The fourth-order valence-corrected chi connectivity index (χ4v) is 1.88. The van der Waals surface area contributed by atoms with Gasteiger partial charge in [-0.1, -0.05) is 0 Å². The van der Waals surface area contributed by atoms with Gasteiger partial charge in [-0.2, -0.15) is 0 Å². The Kier molecular flexibility index (Phi) is 2.16. The lowest BCUT2D eigenvalue weighted by atomic mass is 10.1. The lowest BCUT2D eigenvalue weighted by Gasteiger charge is -1.95. The van der Waals surface area contributed by atoms with Crippen LogP contribution in [-0.4, -0.2) is 26.0 Å². The number of rotatable bonds is 2. The second kappa shape index (κ2) is 3.69. The van der Waals surface area contributed by atoms with Crippen LogP contribution in [0.2, 0.25) is 0 Å². The Morgan fingerprint density at radius 1 is 1.39 bits per heavy atom. The molecule has 0 aliphatic carbocycles. The third kappa shape index (κ3) is 1.55. The number of hydrogen-bond donors (Lipinski definition) is 3. The van der Waals surface area contributed by atoms with Crippen LogP contribution < -0.4 is 0 Å². The zero-order chi connectivity index (χ0) is 12.7. The number of aromatic carboxylic acids is 1. The number of imidazole rings is 1. The Morgan fingerprint density at radius 2 is 2.22 bits per heavy atom. The number of aromatic nitrogens is 3. The smallest absolute Gasteiger partial charge is 0.371 e. The molecule has 0 bridgehead atoms. The van der Waals surface area contributed by atoms with E-state index in [4.69, 9.17) is 5.11 Å². The third-order valence-electron chi connectivity index (χ3n) is 2.71. The summed E-state index contributed by atoms with van der Waals surface area (Å²) in [7, 11) is 0. The number of hydrogen-bond acceptors (Lipinski definition) is 2. The van der Waals surface area contributed by atoms with Gasteiger partial charge in [0.1, 0.15) is 5.82 Å². The minimum atomic E-state index is -1.13. The van der Waals surface area contributed by atoms with Crippen molar-refractivity contribution in [3.8, 4) is 11.3 Å². The van der Waals surface area contributed by atoms with Crippen molar-refractivity contribution in [1.29, 1.82) is 0 Å². The molecule has 0 unspecified atom stereocenters. The number of halogens is 1. The first kappa shape index (κ1) is 10.5. The molecule has 3 rings (SSSR count). The Morgan fingerprint density at radius 3 is 2.94 bits per heavy atom. The van der Waals surface area contributed by atoms with E-state index in [1.54, 1.807) is 12.3 Å². The van der Waals surface area contributed by atoms with Gasteiger partial charge in [-0.3, -0.25) is 0 Å². The van der Waals surface area contributed by atoms with Gasteiger partial charge in [0.05, 0.1) is 11.9 Å². The van der Waals surface area contributed by atoms with Gasteiger partial charge in [0.25, 0.3) is 0 Å². The predicted octanol–water partition coefficient (Wildman–Crippen LogP) is 2.40. The maximum atomic E-state index is 13.2. The largest absolute Gasteiger partial charge is 0.475 e. The summed E-state index contributed by atoms with van der Waals surface area (Å²) in [6.07, 6.45) is 3.10. The highest BCUT2D eigenvalue weighted by atomic mass is 19.1. The Bertz CT molecular complexity index is 745. The minimum absolute atomic E-state index is 0.143. The Labute approximate surface area is 100 Å². The van der Waals surface area contributed by atoms with E-state index in [-0.39, 0.29) is 11.6 Å². The molecule has 1 aromatic carbocycles. The van der Waals surface area contributed by atoms with Gasteiger partial charge in [0.2, 0.25) is 5.82 Å². The molecule has 18 heavy (non-hydrogen) atoms. The molecule has 0 atom stereocenters. The third-order valence-corrected chi connectivity index (χ3v) is 2.71. The van der Waals surface area contributed by atoms with Gasteiger partial charge in [0.15, 0.2) is 0 Å². The van der Waals surface area contributed by atoms with Crippen LogP contribution in [0.25, 0.3) is 22.2 Å². The predicted molar refractivity (Wildman–Crippen MR) is 62.8 cm³/mol. The van der Waals surface area contributed by atoms with Crippen molar-refractivity contribution in [2.45, 2.75) is 0 Å². The van der Waals surface area contributed by atoms with Gasteiger partial charge in [-0.05, 0) is 18.2 Å². The molecule has 0 aliphatic heterocycles. The molecular weight excluding hydrogens is 237 g/mol. The minimum Gasteiger partial charge on any atom is -0.475 e. The monoisotopic (exact) mass is 245 g/mol. The number of nitrogens with one attached hydrogen (secondary N) is 2. The molecular formula is C12H8FN3O2. The maximum absolute atomic E-state index is 13.2. The molecule has 0 spiro atoms. The summed E-state index contributed by atoms with van der Waals surface area (Å²) in [5, 5.41) is 9.47. The summed E-state index contributed by atoms with van der Waals surface area (Å²) in [6, 6.07) is 4.38. The average Bonchev–Trinajstić information content (AvgIpc) is 2.93. The molecule has 90 valence electrons. The number of carboxylic acid groups (broad SMARTS) is 1. The standard InChI is InChI=1S/C12H8FN3O2/c13-6-1-2-9-7(3-6)8(4-14-9)10-5-15-11(16-10)12(17)18/h1-5,14H,(H,15,16)(H,17,18). The number of H-pyrrole nitrogens is 2. The summed E-state index contributed by atoms with van der Waals surface area (Å²) in [5.74, 6) is -1.62. The molecule has 0 saturated heterocycles. The molecule has 0 amide bonds. The highest BCUT2D eigenvalue weighted by molar-refractivity contribution is 5.95. The lowest BCUT2D eigenvalue weighted by molar-refractivity contribution is 0.0685. The van der Waals surface area contributed by atoms with Crippen LogP contribution in [0, 0.1) is 5.82 Å². The van der Waals surface area contributed by atoms with Crippen molar-refractivity contribution in [2.75, 3.05) is 0 Å². The van der Waals surface area contributed by atoms with Crippen LogP contribution in [0.1, 0.15) is 10.6 Å². The van der Waals surface area contributed by atoms with Gasteiger partial charge in [-0.25, -0.2) is 14.2 Å². The first-order valence-electron chi connectivity index (χ1n) is 5.20. The number of fused-ring (bicyclic) bond motifs is 1. The van der Waals surface area contributed by atoms with Crippen molar-refractivity contribution in [2.24, 2.45) is 0 Å². The van der Waals surface area contributed by atoms with Crippen molar-refractivity contribution in [3.05, 3.63) is 42.2 Å². The van der Waals surface area contributed by atoms with Crippen molar-refractivity contribution < 1.29 is 14.3 Å². The van der Waals surface area contributed by atoms with E-state index in [9.17, 15) is 9.18 Å². The van der Waals surface area contributed by atoms with Crippen LogP contribution in [0.3, 0.4) is 0 Å². The average molecular weight is 245 g/mol. The summed E-state index contributed by atoms with van der Waals surface area (Å²) < 4.78 is 13.2. The van der Waals surface area contributed by atoms with Crippen molar-refractivity contribution in [1.82, 2.24) is 15.0 Å². The van der Waals surface area contributed by atoms with Crippen LogP contribution in [0.5, 0.6) is 0 Å². The molecule has 0 radical (unpaired) electrons. The van der Waals surface area contributed by atoms with Crippen molar-refractivity contribution in [3.63, 3.8) is 0 Å². The van der Waals surface area contributed by atoms with Crippen molar-refractivity contribution >= 4 is 16.9 Å². The molecule has 0 aliphatic rings. The highest BCUT2D eigenvalue weighted by Gasteiger charge is 2.12. The SMILES string of the molecule is O=C(O)c1ncc(-c2c[nH]c3ccc(F)cc23)[nH]1. The lowest BCUT2D eigenvalue weighted by Crippen LogP contribution is -1.98. The van der Waals surface area contributed by atoms with E-state index in [0.717, 1.165) is 5.52 Å². The van der Waals surface area contributed by atoms with E-state index in [0.29, 0.717) is 16.6 Å². The Hall–Kier alpha value is -2.63. The summed E-state index contributed by atoms with van der Waals surface area (Å²) in [6.45, 7) is 0. The first-order chi connectivity index (χ1) is 8.65. The molecule has 0 saturated carbocycles. The Balaban J connectivity index is 2.18. The number of carboxylic acids is 1. The zero-order valence-corrected chi connectivity index (χ0v) is 9.07. The summed E-state index contributed by atoms with van der Waals surface area (Å²) in [4.78, 5) is 20.1. The van der Waals surface area contributed by atoms with Gasteiger partial charge in [-0.15, -0.1) is 0 Å². The second-order valence-electron chi connectivity index (χ2n) is 3.84. The van der Waals surface area contributed by atoms with Gasteiger partial charge < -0.3 is 15.1 Å². The molecule has 3 aromatic rings. The molecule has 5 nitrogen and oxygen atoms in total. The fourth-order valence-electron chi connectivity index (χ4n) is 1.88. The number of carbonyl (C=O) groups is 1. The molecule has 3 N–H and O–H groups in total.